The van der Waals surface area contributed by atoms with Crippen molar-refractivity contribution in [1.82, 2.24) is 5.32 Å². The highest BCUT2D eigenvalue weighted by Crippen LogP contribution is 2.31. The van der Waals surface area contributed by atoms with E-state index in [1.807, 2.05) is 7.05 Å². The number of hydrogen-bond donors (Lipinski definition) is 1. The molecule has 0 saturated heterocycles. The highest BCUT2D eigenvalue weighted by atomic mass is 32.1. The van der Waals surface area contributed by atoms with E-state index in [0.717, 1.165) is 0 Å². The number of benzene rings is 1. The Bertz CT molecular complexity index is 531. The number of rotatable bonds is 3. The molecular weight excluding hydrogens is 238 g/mol. The maximum absolute atomic E-state index is 3.47. The van der Waals surface area contributed by atoms with Crippen LogP contribution in [0.2, 0.25) is 0 Å². The van der Waals surface area contributed by atoms with E-state index in [4.69, 9.17) is 0 Å². The smallest absolute Gasteiger partial charge is 0.0590 e. The Labute approximate surface area is 114 Å². The van der Waals surface area contributed by atoms with Crippen molar-refractivity contribution in [3.8, 4) is 0 Å². The number of hydrogen-bond acceptors (Lipinski definition) is 2. The fourth-order valence-electron chi connectivity index (χ4n) is 2.77. The zero-order chi connectivity index (χ0) is 13.3. The molecule has 18 heavy (non-hydrogen) atoms. The van der Waals surface area contributed by atoms with Crippen LogP contribution in [0.25, 0.3) is 0 Å². The summed E-state index contributed by atoms with van der Waals surface area (Å²) in [5.74, 6) is 0. The highest BCUT2D eigenvalue weighted by Gasteiger charge is 2.19. The van der Waals surface area contributed by atoms with Crippen molar-refractivity contribution < 1.29 is 0 Å². The molecule has 1 nitrogen and oxygen atoms in total. The Morgan fingerprint density at radius 3 is 2.00 bits per heavy atom. The third-order valence-electron chi connectivity index (χ3n) is 3.52. The molecule has 1 aromatic heterocycles. The van der Waals surface area contributed by atoms with Crippen LogP contribution in [0.15, 0.2) is 22.9 Å². The van der Waals surface area contributed by atoms with E-state index in [1.54, 1.807) is 11.3 Å². The third-order valence-corrected chi connectivity index (χ3v) is 4.40. The standard InChI is InChI=1S/C16H21NS/c1-10-6-11(2)15(12(3)7-10)16(17-5)14-9-18-8-13(14)4/h6-9,16-17H,1-5H3. The summed E-state index contributed by atoms with van der Waals surface area (Å²) in [5.41, 5.74) is 8.28. The molecule has 1 N–H and O–H groups in total. The van der Waals surface area contributed by atoms with Crippen molar-refractivity contribution >= 4 is 11.3 Å². The summed E-state index contributed by atoms with van der Waals surface area (Å²) in [5, 5.41) is 7.95. The third kappa shape index (κ3) is 2.36. The Kier molecular flexibility index (Phi) is 3.88. The van der Waals surface area contributed by atoms with Crippen LogP contribution in [-0.4, -0.2) is 7.05 Å². The van der Waals surface area contributed by atoms with Gasteiger partial charge in [0.25, 0.3) is 0 Å². The maximum Gasteiger partial charge on any atom is 0.0590 e. The van der Waals surface area contributed by atoms with Gasteiger partial charge in [-0.1, -0.05) is 17.7 Å². The average Bonchev–Trinajstić information content (AvgIpc) is 2.69. The van der Waals surface area contributed by atoms with Crippen LogP contribution in [0, 0.1) is 27.7 Å². The highest BCUT2D eigenvalue weighted by molar-refractivity contribution is 7.08. The van der Waals surface area contributed by atoms with Crippen LogP contribution in [0.4, 0.5) is 0 Å². The van der Waals surface area contributed by atoms with Gasteiger partial charge in [0, 0.05) is 0 Å². The molecule has 2 heteroatoms. The second-order valence-electron chi connectivity index (χ2n) is 5.04. The lowest BCUT2D eigenvalue weighted by Gasteiger charge is -2.22. The normalized spacial score (nSPS) is 12.7. The molecule has 0 amide bonds. The van der Waals surface area contributed by atoms with Gasteiger partial charge in [0.05, 0.1) is 6.04 Å². The first-order chi connectivity index (χ1) is 8.54. The molecule has 2 aromatic rings. The van der Waals surface area contributed by atoms with Crippen molar-refractivity contribution in [2.45, 2.75) is 33.7 Å². The minimum Gasteiger partial charge on any atom is -0.309 e. The molecule has 0 saturated carbocycles. The molecule has 0 bridgehead atoms. The molecule has 0 aliphatic heterocycles. The molecule has 1 unspecified atom stereocenters. The average molecular weight is 259 g/mol. The SMILES string of the molecule is CNC(c1cscc1C)c1c(C)cc(C)cc1C. The van der Waals surface area contributed by atoms with Crippen molar-refractivity contribution in [1.29, 1.82) is 0 Å². The van der Waals surface area contributed by atoms with Gasteiger partial charge >= 0.3 is 0 Å². The predicted octanol–water partition coefficient (Wildman–Crippen LogP) is 4.29. The first-order valence-electron chi connectivity index (χ1n) is 6.32. The number of nitrogens with one attached hydrogen (secondary N) is 1. The van der Waals surface area contributed by atoms with Crippen molar-refractivity contribution in [3.63, 3.8) is 0 Å². The van der Waals surface area contributed by atoms with Gasteiger partial charge in [0.1, 0.15) is 0 Å². The van der Waals surface area contributed by atoms with E-state index in [-0.39, 0.29) is 0 Å². The lowest BCUT2D eigenvalue weighted by Crippen LogP contribution is -2.20. The van der Waals surface area contributed by atoms with Gasteiger partial charge in [-0.15, -0.1) is 0 Å². The minimum atomic E-state index is 0.303. The predicted molar refractivity (Wildman–Crippen MR) is 80.6 cm³/mol. The maximum atomic E-state index is 3.47. The summed E-state index contributed by atoms with van der Waals surface area (Å²) in [6.07, 6.45) is 0. The van der Waals surface area contributed by atoms with Gasteiger partial charge in [-0.3, -0.25) is 0 Å². The van der Waals surface area contributed by atoms with Crippen LogP contribution in [0.3, 0.4) is 0 Å². The summed E-state index contributed by atoms with van der Waals surface area (Å²) in [4.78, 5) is 0. The van der Waals surface area contributed by atoms with Gasteiger partial charge in [0.2, 0.25) is 0 Å². The molecule has 0 spiro atoms. The number of aryl methyl sites for hydroxylation is 4. The molecule has 0 radical (unpaired) electrons. The van der Waals surface area contributed by atoms with Crippen molar-refractivity contribution in [2.24, 2.45) is 0 Å². The largest absolute Gasteiger partial charge is 0.309 e. The van der Waals surface area contributed by atoms with E-state index < -0.39 is 0 Å². The second-order valence-corrected chi connectivity index (χ2v) is 5.79. The molecule has 0 aliphatic rings. The molecule has 2 rings (SSSR count). The first kappa shape index (κ1) is 13.3. The van der Waals surface area contributed by atoms with Gasteiger partial charge in [-0.2, -0.15) is 11.3 Å². The minimum absolute atomic E-state index is 0.303. The molecular formula is C16H21NS. The van der Waals surface area contributed by atoms with Gasteiger partial charge in [0.15, 0.2) is 0 Å². The molecule has 1 aromatic carbocycles. The molecule has 0 fully saturated rings. The zero-order valence-corrected chi connectivity index (χ0v) is 12.6. The summed E-state index contributed by atoms with van der Waals surface area (Å²) < 4.78 is 0. The quantitative estimate of drug-likeness (QED) is 0.867. The van der Waals surface area contributed by atoms with Crippen LogP contribution in [0.5, 0.6) is 0 Å². The van der Waals surface area contributed by atoms with Crippen LogP contribution in [0.1, 0.15) is 39.4 Å². The van der Waals surface area contributed by atoms with Crippen LogP contribution in [-0.2, 0) is 0 Å². The van der Waals surface area contributed by atoms with E-state index >= 15 is 0 Å². The van der Waals surface area contributed by atoms with E-state index in [1.165, 1.54) is 33.4 Å². The zero-order valence-electron chi connectivity index (χ0n) is 11.8. The van der Waals surface area contributed by atoms with Crippen LogP contribution < -0.4 is 5.32 Å². The van der Waals surface area contributed by atoms with Crippen molar-refractivity contribution in [3.05, 3.63) is 56.3 Å². The Morgan fingerprint density at radius 1 is 0.944 bits per heavy atom. The molecule has 1 heterocycles. The Hall–Kier alpha value is -1.12. The number of thiophene rings is 1. The fourth-order valence-corrected chi connectivity index (χ4v) is 3.64. The van der Waals surface area contributed by atoms with E-state index in [2.05, 4.69) is 55.9 Å². The second kappa shape index (κ2) is 5.25. The van der Waals surface area contributed by atoms with Crippen LogP contribution >= 0.6 is 11.3 Å². The summed E-state index contributed by atoms with van der Waals surface area (Å²) in [7, 11) is 2.04. The van der Waals surface area contributed by atoms with Gasteiger partial charge in [-0.05, 0) is 73.3 Å². The summed E-state index contributed by atoms with van der Waals surface area (Å²) in [6, 6.07) is 4.85. The van der Waals surface area contributed by atoms with E-state index in [9.17, 15) is 0 Å². The summed E-state index contributed by atoms with van der Waals surface area (Å²) in [6.45, 7) is 8.77. The fraction of sp³-hybridized carbons (Fsp3) is 0.375. The molecule has 96 valence electrons. The lowest BCUT2D eigenvalue weighted by atomic mass is 9.90. The Morgan fingerprint density at radius 2 is 1.56 bits per heavy atom. The molecule has 1 atom stereocenters. The summed E-state index contributed by atoms with van der Waals surface area (Å²) >= 11 is 1.78. The van der Waals surface area contributed by atoms with Gasteiger partial charge < -0.3 is 5.32 Å². The monoisotopic (exact) mass is 259 g/mol. The topological polar surface area (TPSA) is 12.0 Å². The first-order valence-corrected chi connectivity index (χ1v) is 7.26. The van der Waals surface area contributed by atoms with Crippen molar-refractivity contribution in [2.75, 3.05) is 7.05 Å². The lowest BCUT2D eigenvalue weighted by molar-refractivity contribution is 0.681. The van der Waals surface area contributed by atoms with Gasteiger partial charge in [-0.25, -0.2) is 0 Å². The van der Waals surface area contributed by atoms with E-state index in [0.29, 0.717) is 6.04 Å². The molecule has 0 aliphatic carbocycles. The Balaban J connectivity index is 2.56.